The lowest BCUT2D eigenvalue weighted by atomic mass is 9.99. The van der Waals surface area contributed by atoms with Crippen LogP contribution < -0.4 is 10.4 Å². The highest BCUT2D eigenvalue weighted by Gasteiger charge is 2.44. The van der Waals surface area contributed by atoms with Gasteiger partial charge < -0.3 is 34.3 Å². The topological polar surface area (TPSA) is 130 Å². The first-order valence-corrected chi connectivity index (χ1v) is 8.47. The van der Waals surface area contributed by atoms with Gasteiger partial charge in [-0.2, -0.15) is 0 Å². The molecule has 1 saturated heterocycles. The maximum atomic E-state index is 11.7. The van der Waals surface area contributed by atoms with Crippen LogP contribution in [0, 0.1) is 0 Å². The number of hydrogen-bond acceptors (Lipinski definition) is 8. The lowest BCUT2D eigenvalue weighted by Gasteiger charge is -2.39. The molecule has 0 amide bonds. The molecule has 5 atom stereocenters. The van der Waals surface area contributed by atoms with Gasteiger partial charge in [0.1, 0.15) is 35.7 Å². The highest BCUT2D eigenvalue weighted by atomic mass is 35.5. The van der Waals surface area contributed by atoms with E-state index in [0.29, 0.717) is 11.8 Å². The Morgan fingerprint density at radius 2 is 1.88 bits per heavy atom. The summed E-state index contributed by atoms with van der Waals surface area (Å²) in [7, 11) is 0. The average molecular weight is 387 g/mol. The molecular weight excluding hydrogens is 368 g/mol. The van der Waals surface area contributed by atoms with Crippen LogP contribution in [0.4, 0.5) is 0 Å². The van der Waals surface area contributed by atoms with Crippen molar-refractivity contribution in [1.29, 1.82) is 0 Å². The van der Waals surface area contributed by atoms with E-state index in [2.05, 4.69) is 0 Å². The highest BCUT2D eigenvalue weighted by Crippen LogP contribution is 2.34. The van der Waals surface area contributed by atoms with Gasteiger partial charge in [0.2, 0.25) is 6.29 Å². The molecule has 0 aliphatic carbocycles. The van der Waals surface area contributed by atoms with Crippen molar-refractivity contribution in [3.8, 4) is 5.75 Å². The van der Waals surface area contributed by atoms with Gasteiger partial charge in [0, 0.05) is 17.5 Å². The van der Waals surface area contributed by atoms with Crippen molar-refractivity contribution in [3.05, 3.63) is 39.2 Å². The molecule has 1 fully saturated rings. The number of benzene rings is 1. The molecule has 1 aliphatic rings. The molecule has 0 bridgehead atoms. The van der Waals surface area contributed by atoms with E-state index in [9.17, 15) is 25.2 Å². The first-order valence-electron chi connectivity index (χ1n) is 8.09. The van der Waals surface area contributed by atoms with Gasteiger partial charge in [-0.15, -0.1) is 0 Å². The molecule has 26 heavy (non-hydrogen) atoms. The van der Waals surface area contributed by atoms with Gasteiger partial charge in [-0.1, -0.05) is 18.5 Å². The van der Waals surface area contributed by atoms with Crippen LogP contribution in [0.5, 0.6) is 5.75 Å². The van der Waals surface area contributed by atoms with Gasteiger partial charge in [-0.3, -0.25) is 0 Å². The van der Waals surface area contributed by atoms with Crippen LogP contribution in [0.15, 0.2) is 27.4 Å². The maximum Gasteiger partial charge on any atom is 0.336 e. The normalized spacial score (nSPS) is 29.1. The summed E-state index contributed by atoms with van der Waals surface area (Å²) < 4.78 is 16.0. The molecule has 3 rings (SSSR count). The van der Waals surface area contributed by atoms with Gasteiger partial charge in [0.25, 0.3) is 0 Å². The SMILES string of the molecule is CCc1cc(=O)oc2cc(O[C@H]3O[C@@H](CO)[C@H](O)[C@@H](O)[C@@H]3O)c(Cl)cc12. The standard InChI is InChI=1S/C17H19ClO8/c1-2-7-3-13(20)24-10-5-11(9(18)4-8(7)10)25-17-16(23)15(22)14(21)12(6-19)26-17/h3-5,12,14-17,19,21-23H,2,6H2,1H3/t12-,14-,15+,16-,17-/m0/s1. The molecule has 142 valence electrons. The second kappa shape index (κ2) is 7.51. The van der Waals surface area contributed by atoms with Gasteiger partial charge in [0.05, 0.1) is 11.6 Å². The zero-order valence-electron chi connectivity index (χ0n) is 13.8. The van der Waals surface area contributed by atoms with Gasteiger partial charge >= 0.3 is 5.63 Å². The number of aryl methyl sites for hydroxylation is 1. The van der Waals surface area contributed by atoms with Gasteiger partial charge in [-0.25, -0.2) is 4.79 Å². The fourth-order valence-electron chi connectivity index (χ4n) is 2.90. The first-order chi connectivity index (χ1) is 12.3. The van der Waals surface area contributed by atoms with Gasteiger partial charge in [0.15, 0.2) is 0 Å². The third-order valence-electron chi connectivity index (χ3n) is 4.36. The summed E-state index contributed by atoms with van der Waals surface area (Å²) in [4.78, 5) is 11.7. The van der Waals surface area contributed by atoms with Crippen LogP contribution >= 0.6 is 11.6 Å². The number of aliphatic hydroxyl groups is 4. The maximum absolute atomic E-state index is 11.7. The van der Waals surface area contributed by atoms with E-state index in [1.165, 1.54) is 12.1 Å². The molecule has 0 radical (unpaired) electrons. The Kier molecular flexibility index (Phi) is 5.52. The Bertz CT molecular complexity index is 849. The van der Waals surface area contributed by atoms with E-state index in [-0.39, 0.29) is 16.4 Å². The summed E-state index contributed by atoms with van der Waals surface area (Å²) in [6.45, 7) is 1.31. The largest absolute Gasteiger partial charge is 0.460 e. The smallest absolute Gasteiger partial charge is 0.336 e. The van der Waals surface area contributed by atoms with Crippen molar-refractivity contribution in [2.45, 2.75) is 44.1 Å². The Labute approximate surface area is 153 Å². The highest BCUT2D eigenvalue weighted by molar-refractivity contribution is 6.32. The van der Waals surface area contributed by atoms with Crippen molar-refractivity contribution >= 4 is 22.6 Å². The van der Waals surface area contributed by atoms with Crippen molar-refractivity contribution in [2.24, 2.45) is 0 Å². The molecule has 1 aromatic heterocycles. The minimum atomic E-state index is -1.58. The summed E-state index contributed by atoms with van der Waals surface area (Å²) >= 11 is 6.23. The number of fused-ring (bicyclic) bond motifs is 1. The van der Waals surface area contributed by atoms with Crippen molar-refractivity contribution in [3.63, 3.8) is 0 Å². The molecule has 0 saturated carbocycles. The molecule has 8 nitrogen and oxygen atoms in total. The average Bonchev–Trinajstić information content (AvgIpc) is 2.62. The monoisotopic (exact) mass is 386 g/mol. The van der Waals surface area contributed by atoms with E-state index in [1.807, 2.05) is 6.92 Å². The molecule has 2 aromatic rings. The zero-order chi connectivity index (χ0) is 19.0. The van der Waals surface area contributed by atoms with Crippen molar-refractivity contribution < 1.29 is 34.3 Å². The fraction of sp³-hybridized carbons (Fsp3) is 0.471. The lowest BCUT2D eigenvalue weighted by molar-refractivity contribution is -0.277. The number of rotatable bonds is 4. The number of ether oxygens (including phenoxy) is 2. The molecule has 1 aromatic carbocycles. The van der Waals surface area contributed by atoms with Gasteiger partial charge in [-0.05, 0) is 18.1 Å². The van der Waals surface area contributed by atoms with Crippen LogP contribution in [-0.4, -0.2) is 57.7 Å². The Balaban J connectivity index is 1.95. The third-order valence-corrected chi connectivity index (χ3v) is 4.65. The summed E-state index contributed by atoms with van der Waals surface area (Å²) in [5, 5.41) is 39.7. The Morgan fingerprint density at radius 1 is 1.15 bits per heavy atom. The molecule has 1 aliphatic heterocycles. The quantitative estimate of drug-likeness (QED) is 0.548. The molecular formula is C17H19ClO8. The summed E-state index contributed by atoms with van der Waals surface area (Å²) in [6, 6.07) is 4.34. The zero-order valence-corrected chi connectivity index (χ0v) is 14.6. The van der Waals surface area contributed by atoms with Crippen LogP contribution in [0.3, 0.4) is 0 Å². The molecule has 4 N–H and O–H groups in total. The van der Waals surface area contributed by atoms with E-state index in [4.69, 9.17) is 25.5 Å². The van der Waals surface area contributed by atoms with Crippen molar-refractivity contribution in [2.75, 3.05) is 6.61 Å². The summed E-state index contributed by atoms with van der Waals surface area (Å²) in [5.74, 6) is 0.0555. The Hall–Kier alpha value is -1.68. The van der Waals surface area contributed by atoms with E-state index >= 15 is 0 Å². The number of halogens is 1. The number of hydrogen-bond donors (Lipinski definition) is 4. The molecule has 0 unspecified atom stereocenters. The minimum absolute atomic E-state index is 0.0555. The third kappa shape index (κ3) is 3.44. The first kappa shape index (κ1) is 19.1. The Morgan fingerprint density at radius 3 is 2.54 bits per heavy atom. The van der Waals surface area contributed by atoms with Crippen LogP contribution in [-0.2, 0) is 11.2 Å². The molecule has 9 heteroatoms. The molecule has 2 heterocycles. The van der Waals surface area contributed by atoms with Crippen molar-refractivity contribution in [1.82, 2.24) is 0 Å². The van der Waals surface area contributed by atoms with E-state index in [0.717, 1.165) is 5.56 Å². The van der Waals surface area contributed by atoms with E-state index in [1.54, 1.807) is 6.07 Å². The molecule has 0 spiro atoms. The second-order valence-electron chi connectivity index (χ2n) is 6.04. The summed E-state index contributed by atoms with van der Waals surface area (Å²) in [6.07, 6.45) is -6.54. The minimum Gasteiger partial charge on any atom is -0.460 e. The van der Waals surface area contributed by atoms with Crippen LogP contribution in [0.1, 0.15) is 12.5 Å². The number of aliphatic hydroxyl groups excluding tert-OH is 4. The summed E-state index contributed by atoms with van der Waals surface area (Å²) in [5.41, 5.74) is 0.492. The fourth-order valence-corrected chi connectivity index (χ4v) is 3.11. The van der Waals surface area contributed by atoms with Crippen LogP contribution in [0.2, 0.25) is 5.02 Å². The predicted octanol–water partition coefficient (Wildman–Crippen LogP) is 0.187. The van der Waals surface area contributed by atoms with E-state index < -0.39 is 42.9 Å². The lowest BCUT2D eigenvalue weighted by Crippen LogP contribution is -2.60. The predicted molar refractivity (Wildman–Crippen MR) is 91.3 cm³/mol. The van der Waals surface area contributed by atoms with Crippen LogP contribution in [0.25, 0.3) is 11.0 Å². The second-order valence-corrected chi connectivity index (χ2v) is 6.45.